The molecule has 0 saturated carbocycles. The van der Waals surface area contributed by atoms with E-state index in [9.17, 15) is 0 Å². The molecule has 0 aliphatic carbocycles. The second-order valence-electron chi connectivity index (χ2n) is 4.80. The molecule has 0 aliphatic heterocycles. The molecule has 0 bridgehead atoms. The Labute approximate surface area is 111 Å². The van der Waals surface area contributed by atoms with Gasteiger partial charge >= 0.3 is 0 Å². The molecule has 1 rings (SSSR count). The van der Waals surface area contributed by atoms with E-state index >= 15 is 0 Å². The van der Waals surface area contributed by atoms with Gasteiger partial charge in [-0.25, -0.2) is 0 Å². The van der Waals surface area contributed by atoms with Crippen LogP contribution in [0.15, 0.2) is 18.2 Å². The highest BCUT2D eigenvalue weighted by Crippen LogP contribution is 2.23. The summed E-state index contributed by atoms with van der Waals surface area (Å²) in [6.07, 6.45) is 0. The van der Waals surface area contributed by atoms with Crippen LogP contribution < -0.4 is 10.1 Å². The molecule has 0 unspecified atom stereocenters. The Bertz CT molecular complexity index is 426. The molecule has 0 aromatic heterocycles. The third kappa shape index (κ3) is 4.81. The average molecular weight is 245 g/mol. The number of nitrogens with one attached hydrogen (secondary N) is 1. The number of ether oxygens (including phenoxy) is 1. The van der Waals surface area contributed by atoms with Gasteiger partial charge in [-0.15, -0.1) is 5.92 Å². The summed E-state index contributed by atoms with van der Waals surface area (Å²) in [6.45, 7) is 10.6. The van der Waals surface area contributed by atoms with Crippen LogP contribution in [0, 0.1) is 24.7 Å². The Morgan fingerprint density at radius 3 is 2.78 bits per heavy atom. The van der Waals surface area contributed by atoms with Crippen LogP contribution in [0.3, 0.4) is 0 Å². The van der Waals surface area contributed by atoms with E-state index in [1.54, 1.807) is 0 Å². The van der Waals surface area contributed by atoms with E-state index in [0.29, 0.717) is 12.5 Å². The van der Waals surface area contributed by atoms with E-state index in [1.807, 2.05) is 6.92 Å². The fourth-order valence-electron chi connectivity index (χ4n) is 1.73. The summed E-state index contributed by atoms with van der Waals surface area (Å²) >= 11 is 0. The van der Waals surface area contributed by atoms with Gasteiger partial charge in [0.2, 0.25) is 0 Å². The standard InChI is InChI=1S/C16H23NO/c1-5-6-10-18-16-14(4)8-7-9-15(16)12-17-11-13(2)3/h7-9,13,17H,10-12H2,1-4H3. The molecule has 0 aliphatic rings. The first-order valence-corrected chi connectivity index (χ1v) is 6.46. The lowest BCUT2D eigenvalue weighted by molar-refractivity contribution is 0.361. The van der Waals surface area contributed by atoms with Crippen molar-refractivity contribution in [2.75, 3.05) is 13.2 Å². The molecule has 18 heavy (non-hydrogen) atoms. The average Bonchev–Trinajstić information content (AvgIpc) is 2.32. The predicted molar refractivity (Wildman–Crippen MR) is 76.7 cm³/mol. The van der Waals surface area contributed by atoms with Crippen molar-refractivity contribution >= 4 is 0 Å². The van der Waals surface area contributed by atoms with Gasteiger partial charge in [-0.05, 0) is 31.9 Å². The Morgan fingerprint density at radius 1 is 1.33 bits per heavy atom. The molecule has 0 heterocycles. The van der Waals surface area contributed by atoms with Gasteiger partial charge < -0.3 is 10.1 Å². The lowest BCUT2D eigenvalue weighted by Crippen LogP contribution is -2.19. The van der Waals surface area contributed by atoms with Crippen molar-refractivity contribution in [1.82, 2.24) is 5.32 Å². The summed E-state index contributed by atoms with van der Waals surface area (Å²) in [5.74, 6) is 7.40. The monoisotopic (exact) mass is 245 g/mol. The summed E-state index contributed by atoms with van der Waals surface area (Å²) in [7, 11) is 0. The summed E-state index contributed by atoms with van der Waals surface area (Å²) in [6, 6.07) is 6.25. The van der Waals surface area contributed by atoms with Crippen molar-refractivity contribution in [2.24, 2.45) is 5.92 Å². The van der Waals surface area contributed by atoms with Crippen molar-refractivity contribution in [2.45, 2.75) is 34.2 Å². The molecule has 0 atom stereocenters. The first-order chi connectivity index (χ1) is 8.65. The zero-order valence-electron chi connectivity index (χ0n) is 11.8. The van der Waals surface area contributed by atoms with Crippen LogP contribution in [-0.4, -0.2) is 13.2 Å². The molecule has 0 amide bonds. The van der Waals surface area contributed by atoms with E-state index in [0.717, 1.165) is 24.4 Å². The van der Waals surface area contributed by atoms with Gasteiger partial charge in [0, 0.05) is 12.1 Å². The number of benzene rings is 1. The number of aryl methyl sites for hydroxylation is 1. The molecule has 0 fully saturated rings. The van der Waals surface area contributed by atoms with Crippen LogP contribution >= 0.6 is 0 Å². The van der Waals surface area contributed by atoms with Crippen LogP contribution in [-0.2, 0) is 6.54 Å². The Balaban J connectivity index is 2.69. The molecular weight excluding hydrogens is 222 g/mol. The predicted octanol–water partition coefficient (Wildman–Crippen LogP) is 3.14. The molecule has 1 aromatic carbocycles. The largest absolute Gasteiger partial charge is 0.480 e. The minimum Gasteiger partial charge on any atom is -0.480 e. The van der Waals surface area contributed by atoms with Gasteiger partial charge in [0.15, 0.2) is 0 Å². The maximum atomic E-state index is 5.75. The number of para-hydroxylation sites is 1. The molecule has 98 valence electrons. The van der Waals surface area contributed by atoms with Crippen LogP contribution in [0.25, 0.3) is 0 Å². The summed E-state index contributed by atoms with van der Waals surface area (Å²) in [5, 5.41) is 3.44. The SMILES string of the molecule is CC#CCOc1c(C)cccc1CNCC(C)C. The van der Waals surface area contributed by atoms with Crippen molar-refractivity contribution in [3.05, 3.63) is 29.3 Å². The lowest BCUT2D eigenvalue weighted by Gasteiger charge is -2.14. The summed E-state index contributed by atoms with van der Waals surface area (Å²) < 4.78 is 5.75. The maximum Gasteiger partial charge on any atom is 0.149 e. The van der Waals surface area contributed by atoms with Gasteiger partial charge in [0.05, 0.1) is 0 Å². The van der Waals surface area contributed by atoms with E-state index in [1.165, 1.54) is 5.56 Å². The third-order valence-electron chi connectivity index (χ3n) is 2.63. The molecular formula is C16H23NO. The fourth-order valence-corrected chi connectivity index (χ4v) is 1.73. The van der Waals surface area contributed by atoms with Gasteiger partial charge in [0.25, 0.3) is 0 Å². The van der Waals surface area contributed by atoms with Crippen LogP contribution in [0.4, 0.5) is 0 Å². The zero-order valence-corrected chi connectivity index (χ0v) is 11.8. The van der Waals surface area contributed by atoms with Crippen molar-refractivity contribution in [1.29, 1.82) is 0 Å². The van der Waals surface area contributed by atoms with E-state index in [2.05, 4.69) is 56.1 Å². The van der Waals surface area contributed by atoms with Crippen molar-refractivity contribution in [3.8, 4) is 17.6 Å². The zero-order chi connectivity index (χ0) is 13.4. The number of rotatable bonds is 6. The second-order valence-corrected chi connectivity index (χ2v) is 4.80. The van der Waals surface area contributed by atoms with Gasteiger partial charge in [-0.2, -0.15) is 0 Å². The van der Waals surface area contributed by atoms with Crippen LogP contribution in [0.5, 0.6) is 5.75 Å². The highest BCUT2D eigenvalue weighted by atomic mass is 16.5. The molecule has 1 aromatic rings. The molecule has 1 N–H and O–H groups in total. The number of hydrogen-bond donors (Lipinski definition) is 1. The lowest BCUT2D eigenvalue weighted by atomic mass is 10.1. The normalized spacial score (nSPS) is 10.1. The third-order valence-corrected chi connectivity index (χ3v) is 2.63. The van der Waals surface area contributed by atoms with E-state index < -0.39 is 0 Å². The fraction of sp³-hybridized carbons (Fsp3) is 0.500. The Kier molecular flexibility index (Phi) is 6.32. The first kappa shape index (κ1) is 14.6. The molecule has 2 heteroatoms. The number of hydrogen-bond acceptors (Lipinski definition) is 2. The smallest absolute Gasteiger partial charge is 0.149 e. The molecule has 0 saturated heterocycles. The molecule has 2 nitrogen and oxygen atoms in total. The Morgan fingerprint density at radius 2 is 2.11 bits per heavy atom. The summed E-state index contributed by atoms with van der Waals surface area (Å²) in [5.41, 5.74) is 2.37. The highest BCUT2D eigenvalue weighted by Gasteiger charge is 2.06. The van der Waals surface area contributed by atoms with Crippen molar-refractivity contribution in [3.63, 3.8) is 0 Å². The first-order valence-electron chi connectivity index (χ1n) is 6.46. The quantitative estimate of drug-likeness (QED) is 0.777. The minimum atomic E-state index is 0.457. The van der Waals surface area contributed by atoms with Crippen molar-refractivity contribution < 1.29 is 4.74 Å². The van der Waals surface area contributed by atoms with E-state index in [-0.39, 0.29) is 0 Å². The molecule has 0 radical (unpaired) electrons. The Hall–Kier alpha value is -1.46. The minimum absolute atomic E-state index is 0.457. The van der Waals surface area contributed by atoms with E-state index in [4.69, 9.17) is 4.74 Å². The van der Waals surface area contributed by atoms with Gasteiger partial charge in [-0.1, -0.05) is 38.0 Å². The van der Waals surface area contributed by atoms with Gasteiger partial charge in [0.1, 0.15) is 12.4 Å². The topological polar surface area (TPSA) is 21.3 Å². The van der Waals surface area contributed by atoms with Crippen LogP contribution in [0.2, 0.25) is 0 Å². The van der Waals surface area contributed by atoms with Gasteiger partial charge in [-0.3, -0.25) is 0 Å². The van der Waals surface area contributed by atoms with Crippen LogP contribution in [0.1, 0.15) is 31.9 Å². The maximum absolute atomic E-state index is 5.75. The highest BCUT2D eigenvalue weighted by molar-refractivity contribution is 5.41. The summed E-state index contributed by atoms with van der Waals surface area (Å²) in [4.78, 5) is 0. The molecule has 0 spiro atoms. The second kappa shape index (κ2) is 7.79.